The van der Waals surface area contributed by atoms with E-state index in [9.17, 15) is 19.5 Å². The fraction of sp³-hybridized carbons (Fsp3) is 0.179. The first-order valence-electron chi connectivity index (χ1n) is 11.9. The number of anilines is 1. The van der Waals surface area contributed by atoms with Gasteiger partial charge >= 0.3 is 11.9 Å². The maximum atomic E-state index is 13.5. The topological polar surface area (TPSA) is 114 Å². The number of esters is 1. The summed E-state index contributed by atoms with van der Waals surface area (Å²) in [5.41, 5.74) is 3.14. The minimum atomic E-state index is -1.01. The zero-order valence-electron chi connectivity index (χ0n) is 21.3. The van der Waals surface area contributed by atoms with Crippen molar-refractivity contribution < 1.29 is 24.2 Å². The highest BCUT2D eigenvalue weighted by atomic mass is 79.9. The molecule has 1 aliphatic heterocycles. The van der Waals surface area contributed by atoms with Crippen LogP contribution in [0.25, 0.3) is 11.4 Å². The summed E-state index contributed by atoms with van der Waals surface area (Å²) in [5.74, 6) is -2.74. The van der Waals surface area contributed by atoms with Crippen LogP contribution in [0.4, 0.5) is 5.13 Å². The Hall–Kier alpha value is -4.09. The summed E-state index contributed by atoms with van der Waals surface area (Å²) >= 11 is 4.35. The van der Waals surface area contributed by atoms with Crippen molar-refractivity contribution in [1.29, 1.82) is 0 Å². The maximum Gasteiger partial charge on any atom is 0.350 e. The van der Waals surface area contributed by atoms with E-state index in [1.807, 2.05) is 29.7 Å². The number of aliphatic hydroxyl groups is 1. The molecule has 198 valence electrons. The summed E-state index contributed by atoms with van der Waals surface area (Å²) in [4.78, 5) is 50.1. The first-order valence-corrected chi connectivity index (χ1v) is 13.5. The Morgan fingerprint density at radius 1 is 1.18 bits per heavy atom. The van der Waals surface area contributed by atoms with Crippen molar-refractivity contribution in [2.24, 2.45) is 0 Å². The van der Waals surface area contributed by atoms with Crippen LogP contribution in [0.3, 0.4) is 0 Å². The second-order valence-corrected chi connectivity index (χ2v) is 10.8. The van der Waals surface area contributed by atoms with Crippen LogP contribution in [0.5, 0.6) is 0 Å². The lowest BCUT2D eigenvalue weighted by Crippen LogP contribution is -2.29. The molecule has 1 aliphatic rings. The lowest BCUT2D eigenvalue weighted by atomic mass is 9.96. The van der Waals surface area contributed by atoms with Gasteiger partial charge in [-0.1, -0.05) is 58.1 Å². The average Bonchev–Trinajstić information content (AvgIpc) is 3.55. The van der Waals surface area contributed by atoms with E-state index in [0.717, 1.165) is 21.4 Å². The number of hydrogen-bond acceptors (Lipinski definition) is 8. The molecule has 0 spiro atoms. The largest absolute Gasteiger partial charge is 0.505 e. The molecule has 3 aromatic heterocycles. The van der Waals surface area contributed by atoms with Gasteiger partial charge in [0.1, 0.15) is 22.8 Å². The molecule has 11 heteroatoms. The van der Waals surface area contributed by atoms with E-state index < -0.39 is 23.7 Å². The van der Waals surface area contributed by atoms with Gasteiger partial charge in [-0.15, -0.1) is 0 Å². The Kier molecular flexibility index (Phi) is 6.96. The Balaban J connectivity index is 1.71. The molecule has 1 unspecified atom stereocenters. The highest BCUT2D eigenvalue weighted by Gasteiger charge is 2.49. The molecule has 4 heterocycles. The van der Waals surface area contributed by atoms with E-state index in [4.69, 9.17) is 4.74 Å². The minimum Gasteiger partial charge on any atom is -0.505 e. The number of carbonyl (C=O) groups is 3. The number of rotatable bonds is 6. The highest BCUT2D eigenvalue weighted by Crippen LogP contribution is 2.44. The molecule has 0 aliphatic carbocycles. The predicted octanol–water partition coefficient (Wildman–Crippen LogP) is 5.45. The zero-order chi connectivity index (χ0) is 28.0. The van der Waals surface area contributed by atoms with Gasteiger partial charge in [-0.3, -0.25) is 14.5 Å². The normalized spacial score (nSPS) is 16.7. The summed E-state index contributed by atoms with van der Waals surface area (Å²) in [6.45, 7) is 8.86. The molecule has 1 N–H and O–H groups in total. The van der Waals surface area contributed by atoms with E-state index in [0.29, 0.717) is 22.6 Å². The standard InChI is InChI=1S/C28H23BrN4O5S/c1-5-13-38-27(37)24-15(3)30-28(39-24)33-21(17-8-10-18(29)11-9-17)19(23(35)26(33)36)22(34)20-16(4)32-12-6-7-14(2)25(32)31-20/h5-12,21,34H,1,13H2,2-4H3. The Morgan fingerprint density at radius 2 is 1.90 bits per heavy atom. The van der Waals surface area contributed by atoms with Crippen LogP contribution in [-0.4, -0.2) is 43.7 Å². The van der Waals surface area contributed by atoms with Gasteiger partial charge in [-0.05, 0) is 50.1 Å². The fourth-order valence-corrected chi connectivity index (χ4v) is 5.79. The SMILES string of the molecule is C=CCOC(=O)c1sc(N2C(=O)C(=O)C(=C(O)c3nc4c(C)cccn4c3C)C2c2ccc(Br)cc2)nc1C. The Bertz CT molecular complexity index is 1700. The van der Waals surface area contributed by atoms with Gasteiger partial charge < -0.3 is 14.2 Å². The van der Waals surface area contributed by atoms with Gasteiger partial charge in [-0.25, -0.2) is 14.8 Å². The molecular weight excluding hydrogens is 584 g/mol. The molecule has 1 saturated heterocycles. The number of aromatic nitrogens is 3. The number of pyridine rings is 1. The quantitative estimate of drug-likeness (QED) is 0.102. The molecule has 0 bridgehead atoms. The highest BCUT2D eigenvalue weighted by molar-refractivity contribution is 9.10. The summed E-state index contributed by atoms with van der Waals surface area (Å²) in [6, 6.07) is 9.81. The van der Waals surface area contributed by atoms with Crippen LogP contribution in [0.2, 0.25) is 0 Å². The number of hydrogen-bond donors (Lipinski definition) is 1. The van der Waals surface area contributed by atoms with Gasteiger partial charge in [0.05, 0.1) is 23.0 Å². The van der Waals surface area contributed by atoms with Gasteiger partial charge in [0.15, 0.2) is 10.9 Å². The van der Waals surface area contributed by atoms with Crippen LogP contribution in [0.1, 0.15) is 43.9 Å². The molecule has 1 amide bonds. The number of ether oxygens (including phenoxy) is 1. The molecular formula is C28H23BrN4O5S. The van der Waals surface area contributed by atoms with Crippen molar-refractivity contribution in [3.05, 3.63) is 98.4 Å². The molecule has 1 aromatic carbocycles. The zero-order valence-corrected chi connectivity index (χ0v) is 23.7. The van der Waals surface area contributed by atoms with Crippen molar-refractivity contribution in [2.75, 3.05) is 11.5 Å². The number of ketones is 1. The van der Waals surface area contributed by atoms with Crippen molar-refractivity contribution in [3.63, 3.8) is 0 Å². The number of aryl methyl sites for hydroxylation is 3. The second kappa shape index (κ2) is 10.2. The lowest BCUT2D eigenvalue weighted by molar-refractivity contribution is -0.132. The number of benzene rings is 1. The van der Waals surface area contributed by atoms with Gasteiger partial charge in [0, 0.05) is 10.7 Å². The van der Waals surface area contributed by atoms with Gasteiger partial charge in [0.25, 0.3) is 5.78 Å². The van der Waals surface area contributed by atoms with E-state index in [1.54, 1.807) is 38.1 Å². The van der Waals surface area contributed by atoms with E-state index in [1.165, 1.54) is 11.0 Å². The minimum absolute atomic E-state index is 0.0206. The molecule has 4 aromatic rings. The monoisotopic (exact) mass is 606 g/mol. The Morgan fingerprint density at radius 3 is 2.56 bits per heavy atom. The van der Waals surface area contributed by atoms with Gasteiger partial charge in [-0.2, -0.15) is 0 Å². The molecule has 0 saturated carbocycles. The summed E-state index contributed by atoms with van der Waals surface area (Å²) in [6.07, 6.45) is 3.27. The number of fused-ring (bicyclic) bond motifs is 1. The molecule has 5 rings (SSSR count). The molecule has 0 radical (unpaired) electrons. The van der Waals surface area contributed by atoms with Crippen LogP contribution < -0.4 is 4.90 Å². The number of halogens is 1. The summed E-state index contributed by atoms with van der Waals surface area (Å²) < 4.78 is 7.77. The first kappa shape index (κ1) is 26.5. The molecule has 1 atom stereocenters. The third kappa shape index (κ3) is 4.47. The number of aliphatic hydroxyl groups excluding tert-OH is 1. The maximum absolute atomic E-state index is 13.5. The average molecular weight is 607 g/mol. The van der Waals surface area contributed by atoms with Crippen LogP contribution in [-0.2, 0) is 14.3 Å². The van der Waals surface area contributed by atoms with Crippen molar-refractivity contribution in [1.82, 2.24) is 14.4 Å². The number of nitrogens with zero attached hydrogens (tertiary/aromatic N) is 4. The number of carbonyl (C=O) groups excluding carboxylic acids is 3. The lowest BCUT2D eigenvalue weighted by Gasteiger charge is -2.22. The Labute approximate surface area is 236 Å². The third-order valence-electron chi connectivity index (χ3n) is 6.45. The van der Waals surface area contributed by atoms with Crippen molar-refractivity contribution in [3.8, 4) is 0 Å². The van der Waals surface area contributed by atoms with E-state index >= 15 is 0 Å². The van der Waals surface area contributed by atoms with Crippen LogP contribution in [0.15, 0.2) is 65.3 Å². The van der Waals surface area contributed by atoms with Gasteiger partial charge in [0.2, 0.25) is 0 Å². The molecule has 39 heavy (non-hydrogen) atoms. The molecule has 9 nitrogen and oxygen atoms in total. The van der Waals surface area contributed by atoms with Crippen molar-refractivity contribution in [2.45, 2.75) is 26.8 Å². The van der Waals surface area contributed by atoms with Crippen LogP contribution >= 0.6 is 27.3 Å². The van der Waals surface area contributed by atoms with E-state index in [2.05, 4.69) is 32.5 Å². The smallest absolute Gasteiger partial charge is 0.350 e. The van der Waals surface area contributed by atoms with Crippen LogP contribution in [0, 0.1) is 20.8 Å². The number of thiazole rings is 1. The summed E-state index contributed by atoms with van der Waals surface area (Å²) in [7, 11) is 0. The third-order valence-corrected chi connectivity index (χ3v) is 8.11. The van der Waals surface area contributed by atoms with Crippen molar-refractivity contribution >= 4 is 61.5 Å². The number of amides is 1. The number of Topliss-reactive ketones (excluding diaryl/α,β-unsaturated/α-hetero) is 1. The van der Waals surface area contributed by atoms with E-state index in [-0.39, 0.29) is 33.6 Å². The molecule has 1 fully saturated rings. The second-order valence-electron chi connectivity index (χ2n) is 8.95. The fourth-order valence-electron chi connectivity index (χ4n) is 4.54. The summed E-state index contributed by atoms with van der Waals surface area (Å²) in [5, 5.41) is 11.7. The first-order chi connectivity index (χ1) is 18.6. The predicted molar refractivity (Wildman–Crippen MR) is 151 cm³/mol. The number of imidazole rings is 1.